The molecule has 2 N–H and O–H groups in total. The summed E-state index contributed by atoms with van der Waals surface area (Å²) in [4.78, 5) is 37.2. The van der Waals surface area contributed by atoms with Gasteiger partial charge < -0.3 is 15.5 Å². The van der Waals surface area contributed by atoms with Crippen LogP contribution >= 0.6 is 0 Å². The number of nitrogens with zero attached hydrogens (tertiary/aromatic N) is 4. The summed E-state index contributed by atoms with van der Waals surface area (Å²) < 4.78 is 14.8. The lowest BCUT2D eigenvalue weighted by atomic mass is 9.99. The minimum Gasteiger partial charge on any atom is -0.369 e. The third kappa shape index (κ3) is 4.69. The zero-order valence-electron chi connectivity index (χ0n) is 19.3. The van der Waals surface area contributed by atoms with Gasteiger partial charge in [-0.15, -0.1) is 0 Å². The van der Waals surface area contributed by atoms with Crippen LogP contribution in [0.2, 0.25) is 0 Å². The molecular formula is C25H31FN6O2. The van der Waals surface area contributed by atoms with Gasteiger partial charge in [0.25, 0.3) is 0 Å². The van der Waals surface area contributed by atoms with Crippen LogP contribution in [0.15, 0.2) is 24.4 Å². The van der Waals surface area contributed by atoms with E-state index in [2.05, 4.69) is 25.5 Å². The SMILES string of the molecule is O=CN(c1nc(Nc2ccc(N3CCCC3)c(F)c2)ncc1CC1CCNC1=O)C1CCCC1. The van der Waals surface area contributed by atoms with E-state index in [-0.39, 0.29) is 23.7 Å². The third-order valence-corrected chi connectivity index (χ3v) is 7.20. The molecule has 8 nitrogen and oxygen atoms in total. The lowest BCUT2D eigenvalue weighted by Gasteiger charge is -2.26. The van der Waals surface area contributed by atoms with E-state index in [9.17, 15) is 14.0 Å². The second-order valence-electron chi connectivity index (χ2n) is 9.46. The van der Waals surface area contributed by atoms with Crippen LogP contribution in [-0.4, -0.2) is 48.0 Å². The van der Waals surface area contributed by atoms with Crippen LogP contribution in [0, 0.1) is 11.7 Å². The van der Waals surface area contributed by atoms with E-state index in [1.165, 1.54) is 6.07 Å². The van der Waals surface area contributed by atoms with E-state index < -0.39 is 0 Å². The average Bonchev–Trinajstić information content (AvgIpc) is 3.61. The molecule has 1 aromatic heterocycles. The minimum absolute atomic E-state index is 0.0280. The highest BCUT2D eigenvalue weighted by Gasteiger charge is 2.30. The summed E-state index contributed by atoms with van der Waals surface area (Å²) in [5, 5.41) is 5.97. The summed E-state index contributed by atoms with van der Waals surface area (Å²) >= 11 is 0. The Bertz CT molecular complexity index is 1050. The second kappa shape index (κ2) is 9.95. The number of carbonyl (C=O) groups excluding carboxylic acids is 2. The standard InChI is InChI=1S/C25H31FN6O2/c26-21-14-19(7-8-22(21)31-11-3-4-12-31)29-25-28-15-18(13-17-9-10-27-24(17)34)23(30-25)32(16-33)20-5-1-2-6-20/h7-8,14-17,20H,1-6,9-13H2,(H,27,34)(H,28,29,30). The highest BCUT2D eigenvalue weighted by atomic mass is 19.1. The predicted octanol–water partition coefficient (Wildman–Crippen LogP) is 3.54. The van der Waals surface area contributed by atoms with Crippen molar-refractivity contribution in [2.24, 2.45) is 5.92 Å². The van der Waals surface area contributed by atoms with Crippen LogP contribution in [0.25, 0.3) is 0 Å². The van der Waals surface area contributed by atoms with Crippen LogP contribution in [-0.2, 0) is 16.0 Å². The molecule has 1 aromatic carbocycles. The van der Waals surface area contributed by atoms with Gasteiger partial charge >= 0.3 is 0 Å². The van der Waals surface area contributed by atoms with Gasteiger partial charge in [-0.1, -0.05) is 12.8 Å². The van der Waals surface area contributed by atoms with E-state index in [0.29, 0.717) is 36.1 Å². The quantitative estimate of drug-likeness (QED) is 0.579. The molecule has 5 rings (SSSR count). The molecule has 1 unspecified atom stereocenters. The molecule has 34 heavy (non-hydrogen) atoms. The Kier molecular flexibility index (Phi) is 6.60. The molecule has 1 atom stereocenters. The molecule has 3 aliphatic rings. The number of aromatic nitrogens is 2. The van der Waals surface area contributed by atoms with Gasteiger partial charge in [-0.2, -0.15) is 4.98 Å². The summed E-state index contributed by atoms with van der Waals surface area (Å²) in [6, 6.07) is 5.16. The Morgan fingerprint density at radius 3 is 2.65 bits per heavy atom. The molecule has 3 heterocycles. The molecule has 2 aromatic rings. The third-order valence-electron chi connectivity index (χ3n) is 7.20. The largest absolute Gasteiger partial charge is 0.369 e. The average molecular weight is 467 g/mol. The molecule has 180 valence electrons. The van der Waals surface area contributed by atoms with Gasteiger partial charge in [0, 0.05) is 49.0 Å². The lowest BCUT2D eigenvalue weighted by Crippen LogP contribution is -2.34. The molecule has 2 amide bonds. The van der Waals surface area contributed by atoms with Crippen molar-refractivity contribution in [2.75, 3.05) is 34.8 Å². The van der Waals surface area contributed by atoms with Gasteiger partial charge in [0.15, 0.2) is 0 Å². The van der Waals surface area contributed by atoms with Gasteiger partial charge in [-0.05, 0) is 56.7 Å². The Morgan fingerprint density at radius 2 is 1.97 bits per heavy atom. The summed E-state index contributed by atoms with van der Waals surface area (Å²) in [6.45, 7) is 2.41. The molecule has 3 fully saturated rings. The number of benzene rings is 1. The van der Waals surface area contributed by atoms with Gasteiger partial charge in [0.2, 0.25) is 18.3 Å². The van der Waals surface area contributed by atoms with Crippen molar-refractivity contribution in [2.45, 2.75) is 57.4 Å². The van der Waals surface area contributed by atoms with Crippen molar-refractivity contribution >= 4 is 35.5 Å². The first kappa shape index (κ1) is 22.6. The van der Waals surface area contributed by atoms with Crippen molar-refractivity contribution < 1.29 is 14.0 Å². The molecule has 0 spiro atoms. The Labute approximate surface area is 198 Å². The first-order valence-corrected chi connectivity index (χ1v) is 12.3. The number of rotatable bonds is 8. The van der Waals surface area contributed by atoms with Crippen molar-refractivity contribution in [3.8, 4) is 0 Å². The Hall–Kier alpha value is -3.23. The van der Waals surface area contributed by atoms with E-state index in [0.717, 1.165) is 70.0 Å². The fourth-order valence-corrected chi connectivity index (χ4v) is 5.35. The number of carbonyl (C=O) groups is 2. The Balaban J connectivity index is 1.41. The van der Waals surface area contributed by atoms with Crippen molar-refractivity contribution in [3.05, 3.63) is 35.8 Å². The predicted molar refractivity (Wildman–Crippen MR) is 129 cm³/mol. The summed E-state index contributed by atoms with van der Waals surface area (Å²) in [7, 11) is 0. The molecule has 0 bridgehead atoms. The molecule has 1 saturated carbocycles. The second-order valence-corrected chi connectivity index (χ2v) is 9.46. The molecule has 9 heteroatoms. The number of amides is 2. The number of anilines is 4. The normalized spacial score (nSPS) is 20.6. The lowest BCUT2D eigenvalue weighted by molar-refractivity contribution is -0.122. The summed E-state index contributed by atoms with van der Waals surface area (Å²) in [5.41, 5.74) is 1.94. The van der Waals surface area contributed by atoms with Crippen molar-refractivity contribution in [1.82, 2.24) is 15.3 Å². The van der Waals surface area contributed by atoms with Gasteiger partial charge in [-0.3, -0.25) is 14.5 Å². The fraction of sp³-hybridized carbons (Fsp3) is 0.520. The molecule has 0 radical (unpaired) electrons. The maximum Gasteiger partial charge on any atom is 0.229 e. The van der Waals surface area contributed by atoms with Gasteiger partial charge in [0.05, 0.1) is 5.69 Å². The number of hydrogen-bond donors (Lipinski definition) is 2. The van der Waals surface area contributed by atoms with E-state index in [4.69, 9.17) is 0 Å². The van der Waals surface area contributed by atoms with Crippen molar-refractivity contribution in [1.29, 1.82) is 0 Å². The molecular weight excluding hydrogens is 435 g/mol. The maximum absolute atomic E-state index is 14.8. The van der Waals surface area contributed by atoms with E-state index in [1.54, 1.807) is 17.2 Å². The van der Waals surface area contributed by atoms with Crippen LogP contribution in [0.5, 0.6) is 0 Å². The maximum atomic E-state index is 14.8. The van der Waals surface area contributed by atoms with Crippen LogP contribution in [0.4, 0.5) is 27.5 Å². The topological polar surface area (TPSA) is 90.5 Å². The Morgan fingerprint density at radius 1 is 1.18 bits per heavy atom. The zero-order chi connectivity index (χ0) is 23.5. The summed E-state index contributed by atoms with van der Waals surface area (Å²) in [5.74, 6) is 0.434. The van der Waals surface area contributed by atoms with Crippen molar-refractivity contribution in [3.63, 3.8) is 0 Å². The fourth-order valence-electron chi connectivity index (χ4n) is 5.35. The zero-order valence-corrected chi connectivity index (χ0v) is 19.3. The van der Waals surface area contributed by atoms with Gasteiger partial charge in [-0.25, -0.2) is 9.37 Å². The van der Waals surface area contributed by atoms with Gasteiger partial charge in [0.1, 0.15) is 11.6 Å². The van der Waals surface area contributed by atoms with E-state index in [1.807, 2.05) is 6.07 Å². The molecule has 2 aliphatic heterocycles. The first-order chi connectivity index (χ1) is 16.6. The minimum atomic E-state index is -0.281. The number of hydrogen-bond acceptors (Lipinski definition) is 6. The van der Waals surface area contributed by atoms with E-state index >= 15 is 0 Å². The van der Waals surface area contributed by atoms with Crippen LogP contribution in [0.1, 0.15) is 50.5 Å². The molecule has 1 aliphatic carbocycles. The monoisotopic (exact) mass is 466 g/mol. The highest BCUT2D eigenvalue weighted by molar-refractivity contribution is 5.82. The van der Waals surface area contributed by atoms with Crippen LogP contribution in [0.3, 0.4) is 0 Å². The highest BCUT2D eigenvalue weighted by Crippen LogP contribution is 2.32. The first-order valence-electron chi connectivity index (χ1n) is 12.3. The number of nitrogens with one attached hydrogen (secondary N) is 2. The summed E-state index contributed by atoms with van der Waals surface area (Å²) in [6.07, 6.45) is 9.95. The number of halogens is 1. The van der Waals surface area contributed by atoms with Crippen LogP contribution < -0.4 is 20.4 Å². The molecule has 2 saturated heterocycles. The smallest absolute Gasteiger partial charge is 0.229 e.